The van der Waals surface area contributed by atoms with Gasteiger partial charge in [-0.3, -0.25) is 4.90 Å². The van der Waals surface area contributed by atoms with Crippen LogP contribution in [0.1, 0.15) is 50.6 Å². The van der Waals surface area contributed by atoms with Crippen molar-refractivity contribution in [3.8, 4) is 11.5 Å². The van der Waals surface area contributed by atoms with Crippen molar-refractivity contribution in [2.75, 3.05) is 5.32 Å². The number of carbonyl (C=O) groups is 1. The zero-order valence-corrected chi connectivity index (χ0v) is 18.4. The molecule has 1 saturated carbocycles. The van der Waals surface area contributed by atoms with Gasteiger partial charge in [-0.15, -0.1) is 10.2 Å². The first kappa shape index (κ1) is 20.4. The molecule has 0 unspecified atom stereocenters. The maximum absolute atomic E-state index is 11.9. The first-order valence-corrected chi connectivity index (χ1v) is 10.8. The number of hydrogen-bond donors (Lipinski definition) is 2. The fraction of sp³-hybridized carbons (Fsp3) is 0.435. The Morgan fingerprint density at radius 1 is 1.12 bits per heavy atom. The van der Waals surface area contributed by atoms with Crippen LogP contribution in [0.2, 0.25) is 0 Å². The molecule has 2 aliphatic carbocycles. The summed E-state index contributed by atoms with van der Waals surface area (Å²) in [5.41, 5.74) is 1.96. The maximum atomic E-state index is 11.9. The number of aromatic nitrogens is 4. The number of benzene rings is 1. The predicted molar refractivity (Wildman–Crippen MR) is 117 cm³/mol. The summed E-state index contributed by atoms with van der Waals surface area (Å²) in [6.07, 6.45) is 5.50. The number of anilines is 1. The largest absolute Gasteiger partial charge is 0.465 e. The molecule has 0 saturated heterocycles. The van der Waals surface area contributed by atoms with E-state index in [2.05, 4.69) is 49.7 Å². The van der Waals surface area contributed by atoms with Gasteiger partial charge in [0.1, 0.15) is 5.54 Å². The summed E-state index contributed by atoms with van der Waals surface area (Å²) in [4.78, 5) is 22.2. The summed E-state index contributed by atoms with van der Waals surface area (Å²) in [5.74, 6) is 1.15. The smallest absolute Gasteiger partial charge is 0.408 e. The zero-order valence-electron chi connectivity index (χ0n) is 18.4. The zero-order chi connectivity index (χ0) is 22.5. The minimum atomic E-state index is -0.998. The highest BCUT2D eigenvalue weighted by molar-refractivity contribution is 5.68. The molecule has 1 amide bonds. The van der Waals surface area contributed by atoms with Crippen LogP contribution in [-0.4, -0.2) is 47.8 Å². The van der Waals surface area contributed by atoms with Crippen LogP contribution in [0, 0.1) is 0 Å². The molecule has 5 rings (SSSR count). The Kier molecular flexibility index (Phi) is 4.65. The molecule has 3 aromatic rings. The summed E-state index contributed by atoms with van der Waals surface area (Å²) >= 11 is 0. The second-order valence-corrected chi connectivity index (χ2v) is 9.55. The number of carboxylic acid groups (broad SMARTS) is 1. The molecule has 1 fully saturated rings. The lowest BCUT2D eigenvalue weighted by Gasteiger charge is -2.38. The van der Waals surface area contributed by atoms with Gasteiger partial charge in [-0.05, 0) is 57.6 Å². The third-order valence-electron chi connectivity index (χ3n) is 6.12. The van der Waals surface area contributed by atoms with Gasteiger partial charge in [0.05, 0.1) is 5.56 Å². The second kappa shape index (κ2) is 7.29. The predicted octanol–water partition coefficient (Wildman–Crippen LogP) is 3.87. The van der Waals surface area contributed by atoms with Crippen molar-refractivity contribution >= 4 is 12.0 Å². The van der Waals surface area contributed by atoms with E-state index in [-0.39, 0.29) is 11.9 Å². The van der Waals surface area contributed by atoms with Gasteiger partial charge < -0.3 is 14.8 Å². The molecule has 1 aromatic carbocycles. The quantitative estimate of drug-likeness (QED) is 0.621. The van der Waals surface area contributed by atoms with Crippen molar-refractivity contribution < 1.29 is 14.3 Å². The summed E-state index contributed by atoms with van der Waals surface area (Å²) in [7, 11) is 0. The van der Waals surface area contributed by atoms with Crippen molar-refractivity contribution in [3.63, 3.8) is 0 Å². The average Bonchev–Trinajstić information content (AvgIpc) is 3.18. The minimum Gasteiger partial charge on any atom is -0.465 e. The highest BCUT2D eigenvalue weighted by Crippen LogP contribution is 2.53. The van der Waals surface area contributed by atoms with Crippen LogP contribution >= 0.6 is 0 Å². The molecule has 0 spiro atoms. The Bertz CT molecular complexity index is 1120. The minimum absolute atomic E-state index is 0.266. The summed E-state index contributed by atoms with van der Waals surface area (Å²) in [6, 6.07) is 8.71. The van der Waals surface area contributed by atoms with Crippen LogP contribution in [0.5, 0.6) is 0 Å². The Labute approximate surface area is 185 Å². The van der Waals surface area contributed by atoms with E-state index < -0.39 is 17.2 Å². The molecule has 2 aromatic heterocycles. The molecule has 0 bridgehead atoms. The van der Waals surface area contributed by atoms with Gasteiger partial charge in [0.2, 0.25) is 11.8 Å². The van der Waals surface area contributed by atoms with Crippen LogP contribution in [0.25, 0.3) is 11.5 Å². The number of fused-ring (bicyclic) bond motifs is 1. The topological polar surface area (TPSA) is 117 Å². The first-order chi connectivity index (χ1) is 15.3. The van der Waals surface area contributed by atoms with Gasteiger partial charge in [0.15, 0.2) is 0 Å². The molecule has 166 valence electrons. The monoisotopic (exact) mass is 434 g/mol. The molecule has 9 heteroatoms. The molecule has 0 radical (unpaired) electrons. The molecular formula is C23H26N6O3. The lowest BCUT2D eigenvalue weighted by molar-refractivity contribution is 0.0489. The molecule has 2 N–H and O–H groups in total. The maximum Gasteiger partial charge on any atom is 0.408 e. The summed E-state index contributed by atoms with van der Waals surface area (Å²) in [5, 5.41) is 21.5. The van der Waals surface area contributed by atoms with Crippen LogP contribution < -0.4 is 5.32 Å². The molecular weight excluding hydrogens is 408 g/mol. The van der Waals surface area contributed by atoms with E-state index in [1.165, 1.54) is 16.0 Å². The number of rotatable bonds is 5. The number of hydrogen-bond acceptors (Lipinski definition) is 7. The Balaban J connectivity index is 1.31. The number of nitrogens with zero attached hydrogens (tertiary/aromatic N) is 5. The first-order valence-electron chi connectivity index (χ1n) is 10.8. The molecule has 9 nitrogen and oxygen atoms in total. The molecule has 0 aliphatic heterocycles. The number of nitrogens with one attached hydrogen (secondary N) is 1. The normalized spacial score (nSPS) is 17.1. The van der Waals surface area contributed by atoms with Crippen LogP contribution in [0.3, 0.4) is 0 Å². The Hall–Kier alpha value is -3.49. The fourth-order valence-corrected chi connectivity index (χ4v) is 4.65. The lowest BCUT2D eigenvalue weighted by atomic mass is 10.0. The van der Waals surface area contributed by atoms with Gasteiger partial charge in [-0.1, -0.05) is 24.3 Å². The average molecular weight is 435 g/mol. The molecule has 32 heavy (non-hydrogen) atoms. The van der Waals surface area contributed by atoms with Crippen molar-refractivity contribution in [1.29, 1.82) is 0 Å². The van der Waals surface area contributed by atoms with E-state index in [9.17, 15) is 9.90 Å². The lowest BCUT2D eigenvalue weighted by Crippen LogP contribution is -2.51. The van der Waals surface area contributed by atoms with E-state index >= 15 is 0 Å². The third kappa shape index (κ3) is 3.57. The van der Waals surface area contributed by atoms with E-state index in [1.54, 1.807) is 12.4 Å². The Morgan fingerprint density at radius 3 is 2.28 bits per heavy atom. The van der Waals surface area contributed by atoms with Crippen molar-refractivity contribution in [3.05, 3.63) is 53.7 Å². The summed E-state index contributed by atoms with van der Waals surface area (Å²) in [6.45, 7) is 5.59. The standard InChI is InChI=1S/C23H26N6O3/c1-22(2,3)29(21(30)31)23(8-9-23)19-28-27-18(32-19)16-12-24-20(25-13-16)26-17-10-14-6-4-5-7-15(14)11-17/h4-7,12-13,17H,8-11H2,1-3H3,(H,30,31)(H,24,25,26). The highest BCUT2D eigenvalue weighted by Gasteiger charge is 2.59. The van der Waals surface area contributed by atoms with Crippen molar-refractivity contribution in [1.82, 2.24) is 25.1 Å². The van der Waals surface area contributed by atoms with Crippen molar-refractivity contribution in [2.24, 2.45) is 0 Å². The SMILES string of the molecule is CC(C)(C)N(C(=O)O)C1(c2nnc(-c3cnc(NC4Cc5ccccc5C4)nc3)o2)CC1. The van der Waals surface area contributed by atoms with Gasteiger partial charge in [-0.25, -0.2) is 14.8 Å². The van der Waals surface area contributed by atoms with Crippen LogP contribution in [0.4, 0.5) is 10.7 Å². The molecule has 0 atom stereocenters. The van der Waals surface area contributed by atoms with Crippen molar-refractivity contribution in [2.45, 2.75) is 63.6 Å². The van der Waals surface area contributed by atoms with E-state index in [4.69, 9.17) is 4.42 Å². The fourth-order valence-electron chi connectivity index (χ4n) is 4.65. The highest BCUT2D eigenvalue weighted by atomic mass is 16.4. The molecule has 2 heterocycles. The van der Waals surface area contributed by atoms with Crippen LogP contribution in [0.15, 0.2) is 41.1 Å². The van der Waals surface area contributed by atoms with E-state index in [0.29, 0.717) is 30.2 Å². The molecule has 2 aliphatic rings. The van der Waals surface area contributed by atoms with E-state index in [1.807, 2.05) is 20.8 Å². The van der Waals surface area contributed by atoms with Crippen LogP contribution in [-0.2, 0) is 18.4 Å². The number of amides is 1. The van der Waals surface area contributed by atoms with E-state index in [0.717, 1.165) is 12.8 Å². The second-order valence-electron chi connectivity index (χ2n) is 9.55. The summed E-state index contributed by atoms with van der Waals surface area (Å²) < 4.78 is 5.91. The van der Waals surface area contributed by atoms with Gasteiger partial charge in [-0.2, -0.15) is 0 Å². The van der Waals surface area contributed by atoms with Gasteiger partial charge in [0.25, 0.3) is 5.89 Å². The Morgan fingerprint density at radius 2 is 1.75 bits per heavy atom. The third-order valence-corrected chi connectivity index (χ3v) is 6.12. The van der Waals surface area contributed by atoms with Gasteiger partial charge in [0, 0.05) is 24.0 Å². The van der Waals surface area contributed by atoms with Gasteiger partial charge >= 0.3 is 6.09 Å².